The molecule has 0 aliphatic carbocycles. The Bertz CT molecular complexity index is 434. The lowest BCUT2D eigenvalue weighted by atomic mass is 9.89. The summed E-state index contributed by atoms with van der Waals surface area (Å²) in [7, 11) is 0. The summed E-state index contributed by atoms with van der Waals surface area (Å²) in [6.45, 7) is 6.90. The van der Waals surface area contributed by atoms with Crippen LogP contribution < -0.4 is 0 Å². The van der Waals surface area contributed by atoms with Gasteiger partial charge in [0.15, 0.2) is 0 Å². The third kappa shape index (κ3) is 5.79. The van der Waals surface area contributed by atoms with E-state index < -0.39 is 0 Å². The molecule has 1 aromatic rings. The fourth-order valence-electron chi connectivity index (χ4n) is 2.72. The fourth-order valence-corrected chi connectivity index (χ4v) is 4.50. The number of nitrogens with zero attached hydrogens (tertiary/aromatic N) is 2. The molecule has 0 saturated carbocycles. The summed E-state index contributed by atoms with van der Waals surface area (Å²) >= 11 is 9.63. The predicted molar refractivity (Wildman–Crippen MR) is 107 cm³/mol. The minimum absolute atomic E-state index is 0.118. The van der Waals surface area contributed by atoms with Crippen molar-refractivity contribution >= 4 is 54.5 Å². The van der Waals surface area contributed by atoms with E-state index in [1.54, 1.807) is 0 Å². The van der Waals surface area contributed by atoms with Crippen molar-refractivity contribution in [3.8, 4) is 0 Å². The molecule has 0 amide bonds. The minimum atomic E-state index is 0.118. The lowest BCUT2D eigenvalue weighted by Crippen LogP contribution is -2.31. The Morgan fingerprint density at radius 1 is 1.00 bits per heavy atom. The summed E-state index contributed by atoms with van der Waals surface area (Å²) < 4.78 is 5.40. The van der Waals surface area contributed by atoms with Gasteiger partial charge in [-0.1, -0.05) is 58.8 Å². The van der Waals surface area contributed by atoms with E-state index in [1.807, 2.05) is 0 Å². The summed E-state index contributed by atoms with van der Waals surface area (Å²) in [5.74, 6) is 0. The van der Waals surface area contributed by atoms with Crippen LogP contribution in [0.2, 0.25) is 0 Å². The maximum absolute atomic E-state index is 4.76. The maximum Gasteiger partial charge on any atom is 0.138 e. The molecule has 2 nitrogen and oxygen atoms in total. The molecule has 1 rings (SSSR count). The minimum Gasteiger partial charge on any atom is -0.250 e. The second kappa shape index (κ2) is 9.91. The van der Waals surface area contributed by atoms with Crippen LogP contribution in [0.1, 0.15) is 78.6 Å². The predicted octanol–water partition coefficient (Wildman–Crippen LogP) is 7.28. The number of aromatic nitrogens is 2. The second-order valence-corrected chi connectivity index (χ2v) is 8.64. The van der Waals surface area contributed by atoms with E-state index in [9.17, 15) is 0 Å². The van der Waals surface area contributed by atoms with Crippen LogP contribution in [-0.2, 0) is 5.54 Å². The van der Waals surface area contributed by atoms with Crippen LogP contribution in [-0.4, -0.2) is 9.78 Å². The summed E-state index contributed by atoms with van der Waals surface area (Å²) in [4.78, 5) is 0. The number of hydrogen-bond acceptors (Lipinski definition) is 1. The molecule has 122 valence electrons. The van der Waals surface area contributed by atoms with Crippen LogP contribution in [0.15, 0.2) is 9.08 Å². The van der Waals surface area contributed by atoms with Crippen LogP contribution >= 0.6 is 54.5 Å². The van der Waals surface area contributed by atoms with Crippen LogP contribution in [0.5, 0.6) is 0 Å². The first-order chi connectivity index (χ1) is 9.96. The van der Waals surface area contributed by atoms with Crippen molar-refractivity contribution < 1.29 is 0 Å². The first-order valence-corrected chi connectivity index (χ1v) is 10.7. The number of unbranched alkanes of at least 4 members (excludes halogenated alkanes) is 5. The quantitative estimate of drug-likeness (QED) is 0.228. The standard InChI is InChI=1S/C16H27Br2IN2/c1-4-6-8-9-10-12-16(3,11-7-5-2)21-14(18)13(17)15(19)20-21/h4-12H2,1-3H3. The van der Waals surface area contributed by atoms with Gasteiger partial charge in [0.25, 0.3) is 0 Å². The van der Waals surface area contributed by atoms with Crippen molar-refractivity contribution in [3.05, 3.63) is 12.8 Å². The molecule has 1 heterocycles. The third-order valence-electron chi connectivity index (χ3n) is 4.14. The summed E-state index contributed by atoms with van der Waals surface area (Å²) in [5.41, 5.74) is 0.118. The molecule has 1 aromatic heterocycles. The molecule has 1 atom stereocenters. The van der Waals surface area contributed by atoms with Gasteiger partial charge in [0.2, 0.25) is 0 Å². The number of hydrogen-bond donors (Lipinski definition) is 0. The Balaban J connectivity index is 2.79. The first kappa shape index (κ1) is 19.9. The van der Waals surface area contributed by atoms with Gasteiger partial charge in [0, 0.05) is 0 Å². The summed E-state index contributed by atoms with van der Waals surface area (Å²) in [5, 5.41) is 4.76. The van der Waals surface area contributed by atoms with E-state index in [1.165, 1.54) is 57.8 Å². The lowest BCUT2D eigenvalue weighted by molar-refractivity contribution is 0.223. The smallest absolute Gasteiger partial charge is 0.138 e. The van der Waals surface area contributed by atoms with Crippen LogP contribution in [0.4, 0.5) is 0 Å². The fraction of sp³-hybridized carbons (Fsp3) is 0.812. The maximum atomic E-state index is 4.76. The van der Waals surface area contributed by atoms with E-state index in [0.29, 0.717) is 0 Å². The van der Waals surface area contributed by atoms with E-state index >= 15 is 0 Å². The normalized spacial score (nSPS) is 14.4. The SMILES string of the molecule is CCCCCCCC(C)(CCCC)n1nc(I)c(Br)c1Br. The Kier molecular flexibility index (Phi) is 9.41. The highest BCUT2D eigenvalue weighted by atomic mass is 127. The van der Waals surface area contributed by atoms with Crippen molar-refractivity contribution in [2.24, 2.45) is 0 Å². The van der Waals surface area contributed by atoms with Gasteiger partial charge in [-0.3, -0.25) is 4.68 Å². The highest BCUT2D eigenvalue weighted by molar-refractivity contribution is 14.1. The zero-order chi connectivity index (χ0) is 15.9. The Morgan fingerprint density at radius 2 is 1.57 bits per heavy atom. The van der Waals surface area contributed by atoms with Gasteiger partial charge in [-0.25, -0.2) is 0 Å². The lowest BCUT2D eigenvalue weighted by Gasteiger charge is -2.31. The highest BCUT2D eigenvalue weighted by Crippen LogP contribution is 2.37. The van der Waals surface area contributed by atoms with Crippen molar-refractivity contribution in [2.45, 2.75) is 84.1 Å². The zero-order valence-corrected chi connectivity index (χ0v) is 18.7. The average Bonchev–Trinajstić information content (AvgIpc) is 2.73. The highest BCUT2D eigenvalue weighted by Gasteiger charge is 2.30. The Hall–Kier alpha value is 0.900. The van der Waals surface area contributed by atoms with E-state index in [0.717, 1.165) is 12.8 Å². The van der Waals surface area contributed by atoms with E-state index in [4.69, 9.17) is 5.10 Å². The van der Waals surface area contributed by atoms with Gasteiger partial charge in [-0.15, -0.1) is 0 Å². The van der Waals surface area contributed by atoms with Gasteiger partial charge in [0.05, 0.1) is 10.0 Å². The molecule has 21 heavy (non-hydrogen) atoms. The zero-order valence-electron chi connectivity index (χ0n) is 13.4. The van der Waals surface area contributed by atoms with Crippen LogP contribution in [0.3, 0.4) is 0 Å². The van der Waals surface area contributed by atoms with Gasteiger partial charge in [-0.2, -0.15) is 5.10 Å². The van der Waals surface area contributed by atoms with Crippen molar-refractivity contribution in [1.29, 1.82) is 0 Å². The van der Waals surface area contributed by atoms with E-state index in [-0.39, 0.29) is 5.54 Å². The van der Waals surface area contributed by atoms with Crippen molar-refractivity contribution in [2.75, 3.05) is 0 Å². The average molecular weight is 534 g/mol. The monoisotopic (exact) mass is 532 g/mol. The molecule has 0 aliphatic rings. The van der Waals surface area contributed by atoms with Gasteiger partial charge in [-0.05, 0) is 74.2 Å². The molecule has 0 radical (unpaired) electrons. The molecule has 5 heteroatoms. The molecule has 0 fully saturated rings. The van der Waals surface area contributed by atoms with Crippen LogP contribution in [0, 0.1) is 3.70 Å². The molecular weight excluding hydrogens is 507 g/mol. The topological polar surface area (TPSA) is 17.8 Å². The van der Waals surface area contributed by atoms with Crippen molar-refractivity contribution in [3.63, 3.8) is 0 Å². The molecule has 0 bridgehead atoms. The Morgan fingerprint density at radius 3 is 2.10 bits per heavy atom. The Labute approximate surface area is 160 Å². The molecular formula is C16H27Br2IN2. The van der Waals surface area contributed by atoms with E-state index in [2.05, 4.69) is 79.9 Å². The van der Waals surface area contributed by atoms with Crippen LogP contribution in [0.25, 0.3) is 0 Å². The first-order valence-electron chi connectivity index (χ1n) is 8.06. The molecule has 0 aliphatic heterocycles. The largest absolute Gasteiger partial charge is 0.250 e. The van der Waals surface area contributed by atoms with Gasteiger partial charge < -0.3 is 0 Å². The second-order valence-electron chi connectivity index (χ2n) is 6.07. The van der Waals surface area contributed by atoms with Gasteiger partial charge in [0.1, 0.15) is 8.30 Å². The number of halogens is 3. The molecule has 0 N–H and O–H groups in total. The van der Waals surface area contributed by atoms with Gasteiger partial charge >= 0.3 is 0 Å². The summed E-state index contributed by atoms with van der Waals surface area (Å²) in [6.07, 6.45) is 11.6. The third-order valence-corrected chi connectivity index (χ3v) is 7.65. The van der Waals surface area contributed by atoms with Crippen molar-refractivity contribution in [1.82, 2.24) is 9.78 Å². The number of rotatable bonds is 10. The molecule has 0 saturated heterocycles. The summed E-state index contributed by atoms with van der Waals surface area (Å²) in [6, 6.07) is 0. The molecule has 0 spiro atoms. The molecule has 1 unspecified atom stereocenters. The molecule has 0 aromatic carbocycles.